The largest absolute Gasteiger partial charge is 0.486 e. The first kappa shape index (κ1) is 12.4. The monoisotopic (exact) mass is 300 g/mol. The third-order valence-corrected chi connectivity index (χ3v) is 4.30. The number of hydrogen-bond acceptors (Lipinski definition) is 5. The zero-order valence-electron chi connectivity index (χ0n) is 11.3. The molecule has 1 aliphatic heterocycles. The van der Waals surface area contributed by atoms with Crippen LogP contribution in [0.2, 0.25) is 0 Å². The van der Waals surface area contributed by atoms with Gasteiger partial charge in [0.25, 0.3) is 0 Å². The molecule has 5 nitrogen and oxygen atoms in total. The maximum Gasteiger partial charge on any atom is 0.195 e. The van der Waals surface area contributed by atoms with E-state index in [1.165, 1.54) is 0 Å². The Morgan fingerprint density at radius 2 is 2.10 bits per heavy atom. The fourth-order valence-corrected chi connectivity index (χ4v) is 3.32. The van der Waals surface area contributed by atoms with Gasteiger partial charge in [-0.05, 0) is 25.1 Å². The molecule has 1 aliphatic rings. The van der Waals surface area contributed by atoms with E-state index in [9.17, 15) is 4.79 Å². The van der Waals surface area contributed by atoms with Gasteiger partial charge in [-0.3, -0.25) is 9.20 Å². The Morgan fingerprint density at radius 1 is 1.29 bits per heavy atom. The minimum absolute atomic E-state index is 0.536. The van der Waals surface area contributed by atoms with E-state index in [1.54, 1.807) is 11.3 Å². The molecule has 3 aromatic rings. The quantitative estimate of drug-likeness (QED) is 0.683. The van der Waals surface area contributed by atoms with Gasteiger partial charge in [-0.1, -0.05) is 0 Å². The normalized spacial score (nSPS) is 13.6. The van der Waals surface area contributed by atoms with E-state index >= 15 is 0 Å². The van der Waals surface area contributed by atoms with Crippen molar-refractivity contribution in [2.45, 2.75) is 6.92 Å². The number of carbonyl (C=O) groups is 1. The van der Waals surface area contributed by atoms with Crippen molar-refractivity contribution in [1.29, 1.82) is 0 Å². The molecular weight excluding hydrogens is 288 g/mol. The number of fused-ring (bicyclic) bond motifs is 2. The summed E-state index contributed by atoms with van der Waals surface area (Å²) in [7, 11) is 0. The Kier molecular flexibility index (Phi) is 2.71. The molecule has 3 heterocycles. The first-order chi connectivity index (χ1) is 10.3. The highest BCUT2D eigenvalue weighted by Crippen LogP contribution is 2.35. The molecule has 0 saturated carbocycles. The Bertz CT molecular complexity index is 850. The molecule has 0 radical (unpaired) electrons. The van der Waals surface area contributed by atoms with Gasteiger partial charge < -0.3 is 9.47 Å². The zero-order chi connectivity index (χ0) is 14.4. The molecule has 0 atom stereocenters. The number of rotatable bonds is 2. The van der Waals surface area contributed by atoms with Crippen LogP contribution in [0.3, 0.4) is 0 Å². The van der Waals surface area contributed by atoms with Crippen LogP contribution in [0, 0.1) is 6.92 Å². The molecular formula is C15H12N2O3S. The molecule has 0 spiro atoms. The van der Waals surface area contributed by atoms with Gasteiger partial charge in [0.15, 0.2) is 22.7 Å². The van der Waals surface area contributed by atoms with Gasteiger partial charge in [-0.25, -0.2) is 4.98 Å². The maximum absolute atomic E-state index is 11.5. The van der Waals surface area contributed by atoms with Gasteiger partial charge >= 0.3 is 0 Å². The van der Waals surface area contributed by atoms with Gasteiger partial charge in [-0.15, -0.1) is 11.3 Å². The second kappa shape index (κ2) is 4.60. The molecule has 1 aromatic carbocycles. The van der Waals surface area contributed by atoms with Crippen LogP contribution in [0.25, 0.3) is 16.2 Å². The molecule has 6 heteroatoms. The SMILES string of the molecule is Cc1cn2c(C=O)c(-c3ccc4c(c3)OCCO4)nc2s1. The van der Waals surface area contributed by atoms with E-state index < -0.39 is 0 Å². The van der Waals surface area contributed by atoms with Gasteiger partial charge in [0.2, 0.25) is 0 Å². The van der Waals surface area contributed by atoms with E-state index in [0.717, 1.165) is 27.4 Å². The van der Waals surface area contributed by atoms with Crippen molar-refractivity contribution in [3.05, 3.63) is 35.0 Å². The van der Waals surface area contributed by atoms with Crippen LogP contribution in [0.15, 0.2) is 24.4 Å². The van der Waals surface area contributed by atoms with Crippen molar-refractivity contribution < 1.29 is 14.3 Å². The Labute approximate surface area is 124 Å². The van der Waals surface area contributed by atoms with Crippen LogP contribution in [-0.4, -0.2) is 28.9 Å². The summed E-state index contributed by atoms with van der Waals surface area (Å²) in [5.74, 6) is 1.43. The van der Waals surface area contributed by atoms with Crippen LogP contribution in [0.5, 0.6) is 11.5 Å². The molecule has 106 valence electrons. The molecule has 0 N–H and O–H groups in total. The van der Waals surface area contributed by atoms with Crippen LogP contribution in [-0.2, 0) is 0 Å². The van der Waals surface area contributed by atoms with Gasteiger partial charge in [0.05, 0.1) is 0 Å². The van der Waals surface area contributed by atoms with E-state index in [2.05, 4.69) is 4.98 Å². The first-order valence-corrected chi connectivity index (χ1v) is 7.41. The van der Waals surface area contributed by atoms with Crippen LogP contribution < -0.4 is 9.47 Å². The fourth-order valence-electron chi connectivity index (χ4n) is 2.49. The predicted octanol–water partition coefficient (Wildman–Crippen LogP) is 2.95. The average Bonchev–Trinajstić information content (AvgIpc) is 3.02. The molecule has 0 bridgehead atoms. The van der Waals surface area contributed by atoms with E-state index in [1.807, 2.05) is 35.7 Å². The van der Waals surface area contributed by atoms with Crippen molar-refractivity contribution in [2.24, 2.45) is 0 Å². The summed E-state index contributed by atoms with van der Waals surface area (Å²) >= 11 is 1.56. The average molecular weight is 300 g/mol. The number of imidazole rings is 1. The number of ether oxygens (including phenoxy) is 2. The lowest BCUT2D eigenvalue weighted by Crippen LogP contribution is -2.15. The number of nitrogens with zero attached hydrogens (tertiary/aromatic N) is 2. The lowest BCUT2D eigenvalue weighted by molar-refractivity contribution is 0.111. The predicted molar refractivity (Wildman–Crippen MR) is 79.6 cm³/mol. The summed E-state index contributed by atoms with van der Waals surface area (Å²) in [6.45, 7) is 3.09. The number of aromatic nitrogens is 2. The van der Waals surface area contributed by atoms with Crippen molar-refractivity contribution in [2.75, 3.05) is 13.2 Å². The minimum Gasteiger partial charge on any atom is -0.486 e. The Balaban J connectivity index is 1.89. The smallest absolute Gasteiger partial charge is 0.195 e. The van der Waals surface area contributed by atoms with E-state index in [0.29, 0.717) is 30.4 Å². The molecule has 0 saturated heterocycles. The topological polar surface area (TPSA) is 52.8 Å². The van der Waals surface area contributed by atoms with Crippen molar-refractivity contribution in [3.63, 3.8) is 0 Å². The van der Waals surface area contributed by atoms with Crippen molar-refractivity contribution in [3.8, 4) is 22.8 Å². The van der Waals surface area contributed by atoms with E-state index in [-0.39, 0.29) is 0 Å². The molecule has 0 fully saturated rings. The van der Waals surface area contributed by atoms with Crippen LogP contribution in [0.4, 0.5) is 0 Å². The maximum atomic E-state index is 11.5. The summed E-state index contributed by atoms with van der Waals surface area (Å²) in [6, 6.07) is 5.64. The summed E-state index contributed by atoms with van der Waals surface area (Å²) in [6.07, 6.45) is 2.77. The third-order valence-electron chi connectivity index (χ3n) is 3.41. The Hall–Kier alpha value is -2.34. The molecule has 0 unspecified atom stereocenters. The summed E-state index contributed by atoms with van der Waals surface area (Å²) in [4.78, 5) is 18.0. The highest BCUT2D eigenvalue weighted by Gasteiger charge is 2.18. The lowest BCUT2D eigenvalue weighted by Gasteiger charge is -2.18. The standard InChI is InChI=1S/C15H12N2O3S/c1-9-7-17-11(8-18)14(16-15(17)21-9)10-2-3-12-13(6-10)20-5-4-19-12/h2-3,6-8H,4-5H2,1H3. The lowest BCUT2D eigenvalue weighted by atomic mass is 10.1. The summed E-state index contributed by atoms with van der Waals surface area (Å²) in [5, 5.41) is 0. The van der Waals surface area contributed by atoms with Gasteiger partial charge in [-0.2, -0.15) is 0 Å². The van der Waals surface area contributed by atoms with Crippen molar-refractivity contribution in [1.82, 2.24) is 9.38 Å². The van der Waals surface area contributed by atoms with Gasteiger partial charge in [0.1, 0.15) is 24.6 Å². The molecule has 4 rings (SSSR count). The highest BCUT2D eigenvalue weighted by atomic mass is 32.1. The number of benzene rings is 1. The first-order valence-electron chi connectivity index (χ1n) is 6.60. The third kappa shape index (κ3) is 1.91. The number of aldehydes is 1. The number of thiazole rings is 1. The molecule has 2 aromatic heterocycles. The molecule has 0 aliphatic carbocycles. The number of hydrogen-bond donors (Lipinski definition) is 0. The number of carbonyl (C=O) groups excluding carboxylic acids is 1. The molecule has 0 amide bonds. The highest BCUT2D eigenvalue weighted by molar-refractivity contribution is 7.17. The summed E-state index contributed by atoms with van der Waals surface area (Å²) in [5.41, 5.74) is 2.09. The number of aryl methyl sites for hydroxylation is 1. The van der Waals surface area contributed by atoms with Gasteiger partial charge in [0, 0.05) is 16.6 Å². The second-order valence-corrected chi connectivity index (χ2v) is 6.03. The van der Waals surface area contributed by atoms with Crippen molar-refractivity contribution >= 4 is 22.6 Å². The van der Waals surface area contributed by atoms with Crippen LogP contribution >= 0.6 is 11.3 Å². The van der Waals surface area contributed by atoms with E-state index in [4.69, 9.17) is 9.47 Å². The summed E-state index contributed by atoms with van der Waals surface area (Å²) < 4.78 is 12.9. The van der Waals surface area contributed by atoms with Crippen LogP contribution in [0.1, 0.15) is 15.4 Å². The second-order valence-electron chi connectivity index (χ2n) is 4.82. The Morgan fingerprint density at radius 3 is 2.90 bits per heavy atom. The minimum atomic E-state index is 0.536. The fraction of sp³-hybridized carbons (Fsp3) is 0.200. The zero-order valence-corrected chi connectivity index (χ0v) is 12.1. The molecule has 21 heavy (non-hydrogen) atoms.